The second-order valence-electron chi connectivity index (χ2n) is 5.22. The van der Waals surface area contributed by atoms with Gasteiger partial charge >= 0.3 is 0 Å². The maximum absolute atomic E-state index is 9.46. The van der Waals surface area contributed by atoms with E-state index in [1.165, 1.54) is 0 Å². The summed E-state index contributed by atoms with van der Waals surface area (Å²) in [7, 11) is 0. The van der Waals surface area contributed by atoms with Crippen LogP contribution < -0.4 is 5.32 Å². The van der Waals surface area contributed by atoms with E-state index in [-0.39, 0.29) is 6.10 Å². The second kappa shape index (κ2) is 5.88. The first-order chi connectivity index (χ1) is 8.69. The van der Waals surface area contributed by atoms with Crippen molar-refractivity contribution in [3.63, 3.8) is 0 Å². The van der Waals surface area contributed by atoms with Crippen molar-refractivity contribution in [2.24, 2.45) is 5.92 Å². The van der Waals surface area contributed by atoms with Gasteiger partial charge in [-0.15, -0.1) is 0 Å². The van der Waals surface area contributed by atoms with Crippen LogP contribution in [0.25, 0.3) is 0 Å². The summed E-state index contributed by atoms with van der Waals surface area (Å²) in [6.45, 7) is 2.89. The first-order valence-corrected chi connectivity index (χ1v) is 6.61. The highest BCUT2D eigenvalue weighted by Crippen LogP contribution is 2.25. The highest BCUT2D eigenvalue weighted by Gasteiger charge is 2.19. The van der Waals surface area contributed by atoms with Crippen molar-refractivity contribution in [1.82, 2.24) is 0 Å². The normalized spacial score (nSPS) is 23.4. The minimum absolute atomic E-state index is 0.102. The molecule has 0 saturated heterocycles. The Hall–Kier alpha value is -1.53. The third-order valence-corrected chi connectivity index (χ3v) is 3.69. The number of aliphatic hydroxyl groups excluding tert-OH is 1. The quantitative estimate of drug-likeness (QED) is 0.859. The number of aryl methyl sites for hydroxylation is 1. The summed E-state index contributed by atoms with van der Waals surface area (Å²) < 4.78 is 0. The van der Waals surface area contributed by atoms with Crippen molar-refractivity contribution >= 4 is 5.69 Å². The lowest BCUT2D eigenvalue weighted by molar-refractivity contribution is 0.111. The van der Waals surface area contributed by atoms with Crippen molar-refractivity contribution in [2.45, 2.75) is 38.7 Å². The lowest BCUT2D eigenvalue weighted by Crippen LogP contribution is -2.23. The lowest BCUT2D eigenvalue weighted by Gasteiger charge is -2.26. The average Bonchev–Trinajstić information content (AvgIpc) is 2.39. The van der Waals surface area contributed by atoms with E-state index in [4.69, 9.17) is 5.26 Å². The number of hydrogen-bond donors (Lipinski definition) is 2. The number of aliphatic hydroxyl groups is 1. The van der Waals surface area contributed by atoms with Gasteiger partial charge in [-0.25, -0.2) is 0 Å². The number of rotatable bonds is 3. The SMILES string of the molecule is Cc1ccc(NCC2CCC(O)CC2)c(C#N)c1. The summed E-state index contributed by atoms with van der Waals surface area (Å²) in [6.07, 6.45) is 3.86. The number of anilines is 1. The number of nitrogens with zero attached hydrogens (tertiary/aromatic N) is 1. The Labute approximate surface area is 108 Å². The summed E-state index contributed by atoms with van der Waals surface area (Å²) >= 11 is 0. The van der Waals surface area contributed by atoms with E-state index < -0.39 is 0 Å². The van der Waals surface area contributed by atoms with Crippen LogP contribution in [0.15, 0.2) is 18.2 Å². The molecule has 0 aliphatic heterocycles. The van der Waals surface area contributed by atoms with Crippen molar-refractivity contribution in [3.05, 3.63) is 29.3 Å². The summed E-state index contributed by atoms with van der Waals surface area (Å²) in [5.41, 5.74) is 2.75. The molecule has 1 aromatic carbocycles. The highest BCUT2D eigenvalue weighted by molar-refractivity contribution is 5.58. The van der Waals surface area contributed by atoms with Gasteiger partial charge in [0.2, 0.25) is 0 Å². The number of nitrogens with one attached hydrogen (secondary N) is 1. The molecule has 0 heterocycles. The van der Waals surface area contributed by atoms with E-state index in [2.05, 4.69) is 11.4 Å². The number of hydrogen-bond acceptors (Lipinski definition) is 3. The predicted octanol–water partition coefficient (Wildman–Crippen LogP) is 2.83. The van der Waals surface area contributed by atoms with Gasteiger partial charge in [-0.3, -0.25) is 0 Å². The summed E-state index contributed by atoms with van der Waals surface area (Å²) in [4.78, 5) is 0. The molecule has 3 nitrogen and oxygen atoms in total. The van der Waals surface area contributed by atoms with Crippen LogP contribution in [0.2, 0.25) is 0 Å². The molecule has 1 aliphatic rings. The van der Waals surface area contributed by atoms with Crippen LogP contribution in [0.4, 0.5) is 5.69 Å². The fourth-order valence-electron chi connectivity index (χ4n) is 2.51. The van der Waals surface area contributed by atoms with Gasteiger partial charge in [-0.1, -0.05) is 6.07 Å². The third-order valence-electron chi connectivity index (χ3n) is 3.69. The standard InChI is InChI=1S/C15H20N2O/c1-11-2-7-15(13(8-11)9-16)17-10-12-3-5-14(18)6-4-12/h2,7-8,12,14,17-18H,3-6,10H2,1H3. The molecular weight excluding hydrogens is 224 g/mol. The molecule has 1 aliphatic carbocycles. The fourth-order valence-corrected chi connectivity index (χ4v) is 2.51. The summed E-state index contributed by atoms with van der Waals surface area (Å²) in [5.74, 6) is 0.612. The van der Waals surface area contributed by atoms with Crippen LogP contribution in [-0.2, 0) is 0 Å². The van der Waals surface area contributed by atoms with Crippen LogP contribution in [0.3, 0.4) is 0 Å². The van der Waals surface area contributed by atoms with Gasteiger partial charge < -0.3 is 10.4 Å². The molecule has 1 aromatic rings. The Morgan fingerprint density at radius 2 is 2.06 bits per heavy atom. The molecule has 1 saturated carbocycles. The molecule has 0 amide bonds. The molecule has 0 radical (unpaired) electrons. The minimum Gasteiger partial charge on any atom is -0.393 e. The van der Waals surface area contributed by atoms with E-state index in [9.17, 15) is 5.11 Å². The van der Waals surface area contributed by atoms with E-state index in [0.717, 1.165) is 43.5 Å². The summed E-state index contributed by atoms with van der Waals surface area (Å²) in [5, 5.41) is 21.9. The van der Waals surface area contributed by atoms with Crippen molar-refractivity contribution in [2.75, 3.05) is 11.9 Å². The third kappa shape index (κ3) is 3.24. The maximum Gasteiger partial charge on any atom is 0.101 e. The largest absolute Gasteiger partial charge is 0.393 e. The molecular formula is C15H20N2O. The Kier molecular flexibility index (Phi) is 4.22. The van der Waals surface area contributed by atoms with Gasteiger partial charge in [0, 0.05) is 6.54 Å². The zero-order valence-corrected chi connectivity index (χ0v) is 10.8. The van der Waals surface area contributed by atoms with Gasteiger partial charge in [-0.2, -0.15) is 5.26 Å². The van der Waals surface area contributed by atoms with Crippen LogP contribution in [0.1, 0.15) is 36.8 Å². The van der Waals surface area contributed by atoms with Crippen LogP contribution >= 0.6 is 0 Å². The number of benzene rings is 1. The zero-order chi connectivity index (χ0) is 13.0. The van der Waals surface area contributed by atoms with E-state index in [1.54, 1.807) is 0 Å². The monoisotopic (exact) mass is 244 g/mol. The lowest BCUT2D eigenvalue weighted by atomic mass is 9.87. The second-order valence-corrected chi connectivity index (χ2v) is 5.22. The predicted molar refractivity (Wildman–Crippen MR) is 72.3 cm³/mol. The number of nitriles is 1. The Balaban J connectivity index is 1.92. The Morgan fingerprint density at radius 1 is 1.33 bits per heavy atom. The van der Waals surface area contributed by atoms with Crippen LogP contribution in [0, 0.1) is 24.2 Å². The van der Waals surface area contributed by atoms with Gasteiger partial charge in [-0.05, 0) is 56.2 Å². The zero-order valence-electron chi connectivity index (χ0n) is 10.8. The smallest absolute Gasteiger partial charge is 0.101 e. The van der Waals surface area contributed by atoms with Crippen LogP contribution in [0.5, 0.6) is 0 Å². The maximum atomic E-state index is 9.46. The van der Waals surface area contributed by atoms with E-state index in [0.29, 0.717) is 11.5 Å². The fraction of sp³-hybridized carbons (Fsp3) is 0.533. The molecule has 1 fully saturated rings. The first kappa shape index (κ1) is 12.9. The van der Waals surface area contributed by atoms with E-state index >= 15 is 0 Å². The molecule has 0 spiro atoms. The molecule has 18 heavy (non-hydrogen) atoms. The molecule has 2 N–H and O–H groups in total. The molecule has 0 aromatic heterocycles. The van der Waals surface area contributed by atoms with E-state index in [1.807, 2.05) is 25.1 Å². The van der Waals surface area contributed by atoms with Crippen LogP contribution in [-0.4, -0.2) is 17.8 Å². The first-order valence-electron chi connectivity index (χ1n) is 6.61. The topological polar surface area (TPSA) is 56.0 Å². The molecule has 2 rings (SSSR count). The van der Waals surface area contributed by atoms with Gasteiger partial charge in [0.05, 0.1) is 17.4 Å². The molecule has 0 unspecified atom stereocenters. The van der Waals surface area contributed by atoms with Crippen molar-refractivity contribution < 1.29 is 5.11 Å². The Morgan fingerprint density at radius 3 is 2.72 bits per heavy atom. The Bertz CT molecular complexity index is 442. The molecule has 3 heteroatoms. The minimum atomic E-state index is -0.102. The molecule has 0 atom stereocenters. The average molecular weight is 244 g/mol. The van der Waals surface area contributed by atoms with Gasteiger partial charge in [0.15, 0.2) is 0 Å². The molecule has 0 bridgehead atoms. The summed E-state index contributed by atoms with van der Waals surface area (Å²) in [6, 6.07) is 8.14. The van der Waals surface area contributed by atoms with Crippen molar-refractivity contribution in [3.8, 4) is 6.07 Å². The van der Waals surface area contributed by atoms with Gasteiger partial charge in [0.25, 0.3) is 0 Å². The highest BCUT2D eigenvalue weighted by atomic mass is 16.3. The van der Waals surface area contributed by atoms with Crippen molar-refractivity contribution in [1.29, 1.82) is 5.26 Å². The molecule has 96 valence electrons. The van der Waals surface area contributed by atoms with Gasteiger partial charge in [0.1, 0.15) is 6.07 Å².